The number of aryl methyl sites for hydroxylation is 1. The summed E-state index contributed by atoms with van der Waals surface area (Å²) in [7, 11) is 0. The number of nitrogens with zero attached hydrogens (tertiary/aromatic N) is 3. The Labute approximate surface area is 208 Å². The molecular formula is C27H28N6O3. The maximum absolute atomic E-state index is 12.7. The van der Waals surface area contributed by atoms with Crippen LogP contribution in [-0.4, -0.2) is 65.2 Å². The van der Waals surface area contributed by atoms with E-state index in [9.17, 15) is 9.59 Å². The van der Waals surface area contributed by atoms with Crippen LogP contribution in [0.4, 0.5) is 11.5 Å². The van der Waals surface area contributed by atoms with E-state index in [1.54, 1.807) is 30.7 Å². The molecule has 1 aromatic carbocycles. The van der Waals surface area contributed by atoms with Crippen LogP contribution in [0.5, 0.6) is 0 Å². The Bertz CT molecular complexity index is 1430. The summed E-state index contributed by atoms with van der Waals surface area (Å²) in [6, 6.07) is 12.8. The zero-order valence-corrected chi connectivity index (χ0v) is 20.1. The van der Waals surface area contributed by atoms with Gasteiger partial charge in [0.2, 0.25) is 0 Å². The number of carbonyl (C=O) groups excluding carboxylic acids is 1. The Kier molecular flexibility index (Phi) is 7.01. The molecule has 0 radical (unpaired) electrons. The summed E-state index contributed by atoms with van der Waals surface area (Å²) in [4.78, 5) is 39.2. The summed E-state index contributed by atoms with van der Waals surface area (Å²) >= 11 is 0. The highest BCUT2D eigenvalue weighted by Crippen LogP contribution is 2.29. The summed E-state index contributed by atoms with van der Waals surface area (Å²) in [5.41, 5.74) is 3.71. The Morgan fingerprint density at radius 3 is 2.72 bits per heavy atom. The first kappa shape index (κ1) is 23.7. The van der Waals surface area contributed by atoms with Gasteiger partial charge in [0.25, 0.3) is 11.5 Å². The fourth-order valence-corrected chi connectivity index (χ4v) is 4.27. The minimum absolute atomic E-state index is 0.121. The highest BCUT2D eigenvalue weighted by Gasteiger charge is 2.14. The van der Waals surface area contributed by atoms with Crippen LogP contribution in [-0.2, 0) is 4.74 Å². The first-order chi connectivity index (χ1) is 17.6. The van der Waals surface area contributed by atoms with Gasteiger partial charge in [-0.05, 0) is 60.3 Å². The molecule has 0 saturated carbocycles. The van der Waals surface area contributed by atoms with E-state index in [-0.39, 0.29) is 11.5 Å². The number of hydrogen-bond donors (Lipinski definition) is 3. The van der Waals surface area contributed by atoms with Gasteiger partial charge in [-0.25, -0.2) is 4.98 Å². The topological polar surface area (TPSA) is 112 Å². The third kappa shape index (κ3) is 5.27. The zero-order chi connectivity index (χ0) is 24.9. The van der Waals surface area contributed by atoms with Crippen molar-refractivity contribution in [1.82, 2.24) is 25.2 Å². The van der Waals surface area contributed by atoms with E-state index in [1.807, 2.05) is 37.3 Å². The van der Waals surface area contributed by atoms with Gasteiger partial charge in [-0.3, -0.25) is 19.5 Å². The molecule has 0 unspecified atom stereocenters. The van der Waals surface area contributed by atoms with Crippen molar-refractivity contribution >= 4 is 28.2 Å². The summed E-state index contributed by atoms with van der Waals surface area (Å²) in [6.07, 6.45) is 5.14. The minimum Gasteiger partial charge on any atom is -0.379 e. The molecule has 9 nitrogen and oxygen atoms in total. The fourth-order valence-electron chi connectivity index (χ4n) is 4.27. The molecule has 0 atom stereocenters. The Hall–Kier alpha value is -4.08. The van der Waals surface area contributed by atoms with Crippen molar-refractivity contribution in [2.45, 2.75) is 6.92 Å². The average molecular weight is 485 g/mol. The molecule has 0 bridgehead atoms. The molecule has 1 amide bonds. The average Bonchev–Trinajstić information content (AvgIpc) is 2.90. The fraction of sp³-hybridized carbons (Fsp3) is 0.259. The molecule has 1 fully saturated rings. The smallest absolute Gasteiger partial charge is 0.259 e. The van der Waals surface area contributed by atoms with E-state index in [4.69, 9.17) is 9.72 Å². The van der Waals surface area contributed by atoms with Crippen LogP contribution >= 0.6 is 0 Å². The van der Waals surface area contributed by atoms with Crippen molar-refractivity contribution in [2.75, 3.05) is 44.7 Å². The third-order valence-corrected chi connectivity index (χ3v) is 6.30. The highest BCUT2D eigenvalue weighted by atomic mass is 16.5. The molecule has 1 aliphatic heterocycles. The number of morpholine rings is 1. The second-order valence-electron chi connectivity index (χ2n) is 8.73. The molecule has 5 rings (SSSR count). The van der Waals surface area contributed by atoms with E-state index >= 15 is 0 Å². The quantitative estimate of drug-likeness (QED) is 0.370. The summed E-state index contributed by atoms with van der Waals surface area (Å²) in [6.45, 7) is 6.64. The SMILES string of the molecule is Cc1ccncc1-c1cc2cc[nH]c(=O)c2c(Nc2ccc(C(=O)NCCN3CCOCC3)cc2)n1. The summed E-state index contributed by atoms with van der Waals surface area (Å²) in [5.74, 6) is 0.319. The molecule has 3 N–H and O–H groups in total. The van der Waals surface area contributed by atoms with Crippen LogP contribution in [0.2, 0.25) is 0 Å². The van der Waals surface area contributed by atoms with E-state index in [1.165, 1.54) is 0 Å². The van der Waals surface area contributed by atoms with Crippen LogP contribution in [0.3, 0.4) is 0 Å². The lowest BCUT2D eigenvalue weighted by atomic mass is 10.1. The van der Waals surface area contributed by atoms with Crippen molar-refractivity contribution in [2.24, 2.45) is 0 Å². The van der Waals surface area contributed by atoms with Gasteiger partial charge in [0.05, 0.1) is 24.3 Å². The molecule has 1 saturated heterocycles. The molecule has 0 aliphatic carbocycles. The number of H-pyrrole nitrogens is 1. The van der Waals surface area contributed by atoms with E-state index < -0.39 is 0 Å². The van der Waals surface area contributed by atoms with Crippen LogP contribution < -0.4 is 16.2 Å². The van der Waals surface area contributed by atoms with Gasteiger partial charge >= 0.3 is 0 Å². The number of ether oxygens (including phenoxy) is 1. The number of fused-ring (bicyclic) bond motifs is 1. The lowest BCUT2D eigenvalue weighted by molar-refractivity contribution is 0.0383. The molecule has 9 heteroatoms. The largest absolute Gasteiger partial charge is 0.379 e. The molecule has 3 aromatic heterocycles. The van der Waals surface area contributed by atoms with Crippen LogP contribution in [0.15, 0.2) is 65.8 Å². The normalized spacial score (nSPS) is 14.0. The lowest BCUT2D eigenvalue weighted by Crippen LogP contribution is -2.41. The number of carbonyl (C=O) groups is 1. The molecule has 4 heterocycles. The van der Waals surface area contributed by atoms with Crippen LogP contribution in [0.1, 0.15) is 15.9 Å². The maximum atomic E-state index is 12.7. The lowest BCUT2D eigenvalue weighted by Gasteiger charge is -2.26. The minimum atomic E-state index is -0.228. The maximum Gasteiger partial charge on any atom is 0.259 e. The van der Waals surface area contributed by atoms with Gasteiger partial charge < -0.3 is 20.4 Å². The summed E-state index contributed by atoms with van der Waals surface area (Å²) < 4.78 is 5.35. The molecule has 184 valence electrons. The van der Waals surface area contributed by atoms with Crippen molar-refractivity contribution in [1.29, 1.82) is 0 Å². The Morgan fingerprint density at radius 1 is 1.14 bits per heavy atom. The van der Waals surface area contributed by atoms with Crippen LogP contribution in [0.25, 0.3) is 22.0 Å². The summed E-state index contributed by atoms with van der Waals surface area (Å²) in [5, 5.41) is 7.48. The van der Waals surface area contributed by atoms with Gasteiger partial charge in [-0.15, -0.1) is 0 Å². The number of nitrogens with one attached hydrogen (secondary N) is 3. The molecule has 1 aliphatic rings. The first-order valence-corrected chi connectivity index (χ1v) is 12.0. The van der Waals surface area contributed by atoms with Gasteiger partial charge in [0.1, 0.15) is 5.82 Å². The Balaban J connectivity index is 1.34. The van der Waals surface area contributed by atoms with Crippen molar-refractivity contribution in [3.05, 3.63) is 82.5 Å². The van der Waals surface area contributed by atoms with E-state index in [2.05, 4.69) is 25.5 Å². The first-order valence-electron chi connectivity index (χ1n) is 12.0. The van der Waals surface area contributed by atoms with Gasteiger partial charge in [-0.1, -0.05) is 0 Å². The number of benzene rings is 1. The number of rotatable bonds is 7. The molecular weight excluding hydrogens is 456 g/mol. The third-order valence-electron chi connectivity index (χ3n) is 6.30. The van der Waals surface area contributed by atoms with Gasteiger partial charge in [0, 0.05) is 61.6 Å². The second-order valence-corrected chi connectivity index (χ2v) is 8.73. The van der Waals surface area contributed by atoms with E-state index in [0.29, 0.717) is 23.3 Å². The standard InChI is InChI=1S/C27H28N6O3/c1-18-6-8-28-17-22(18)23-16-20-7-9-29-27(35)24(20)25(32-23)31-21-4-2-19(3-5-21)26(34)30-10-11-33-12-14-36-15-13-33/h2-9,16-17H,10-15H2,1H3,(H,29,35)(H,30,34)(H,31,32). The number of aromatic amines is 1. The number of hydrogen-bond acceptors (Lipinski definition) is 7. The monoisotopic (exact) mass is 484 g/mol. The van der Waals surface area contributed by atoms with Crippen molar-refractivity contribution in [3.8, 4) is 11.3 Å². The molecule has 4 aromatic rings. The van der Waals surface area contributed by atoms with Gasteiger partial charge in [-0.2, -0.15) is 0 Å². The number of aromatic nitrogens is 3. The number of amides is 1. The highest BCUT2D eigenvalue weighted by molar-refractivity contribution is 5.96. The second kappa shape index (κ2) is 10.7. The number of pyridine rings is 3. The van der Waals surface area contributed by atoms with Crippen LogP contribution in [0, 0.1) is 6.92 Å². The molecule has 36 heavy (non-hydrogen) atoms. The molecule has 0 spiro atoms. The van der Waals surface area contributed by atoms with E-state index in [0.717, 1.165) is 60.7 Å². The Morgan fingerprint density at radius 2 is 1.94 bits per heavy atom. The zero-order valence-electron chi connectivity index (χ0n) is 20.1. The number of anilines is 2. The predicted octanol–water partition coefficient (Wildman–Crippen LogP) is 3.10. The van der Waals surface area contributed by atoms with Crippen molar-refractivity contribution in [3.63, 3.8) is 0 Å². The predicted molar refractivity (Wildman–Crippen MR) is 140 cm³/mol. The van der Waals surface area contributed by atoms with Crippen molar-refractivity contribution < 1.29 is 9.53 Å². The van der Waals surface area contributed by atoms with Gasteiger partial charge in [0.15, 0.2) is 0 Å².